The molecule has 1 unspecified atom stereocenters. The zero-order chi connectivity index (χ0) is 18.3. The molecule has 2 saturated heterocycles. The number of thioether (sulfide) groups is 1. The highest BCUT2D eigenvalue weighted by Gasteiger charge is 2.27. The van der Waals surface area contributed by atoms with Gasteiger partial charge in [-0.2, -0.15) is 0 Å². The van der Waals surface area contributed by atoms with Gasteiger partial charge in [0.15, 0.2) is 0 Å². The molecule has 4 rings (SSSR count). The van der Waals surface area contributed by atoms with E-state index in [1.54, 1.807) is 0 Å². The molecule has 0 N–H and O–H groups in total. The Bertz CT molecular complexity index is 636. The van der Waals surface area contributed by atoms with Gasteiger partial charge in [0.2, 0.25) is 0 Å². The van der Waals surface area contributed by atoms with Gasteiger partial charge in [-0.05, 0) is 29.9 Å². The van der Waals surface area contributed by atoms with Crippen LogP contribution in [0, 0.1) is 5.92 Å². The Labute approximate surface area is 167 Å². The molecule has 0 saturated carbocycles. The van der Waals surface area contributed by atoms with E-state index in [-0.39, 0.29) is 0 Å². The van der Waals surface area contributed by atoms with Crippen molar-refractivity contribution < 1.29 is 4.74 Å². The Morgan fingerprint density at radius 2 is 1.59 bits per heavy atom. The van der Waals surface area contributed by atoms with Crippen LogP contribution in [0.25, 0.3) is 0 Å². The summed E-state index contributed by atoms with van der Waals surface area (Å²) in [6, 6.07) is 21.7. The van der Waals surface area contributed by atoms with Gasteiger partial charge in [-0.3, -0.25) is 4.90 Å². The highest BCUT2D eigenvalue weighted by molar-refractivity contribution is 8.00. The molecule has 1 atom stereocenters. The molecule has 2 heterocycles. The molecule has 0 spiro atoms. The Morgan fingerprint density at radius 1 is 0.963 bits per heavy atom. The third-order valence-electron chi connectivity index (χ3n) is 5.52. The molecule has 2 aliphatic rings. The first-order valence-corrected chi connectivity index (χ1v) is 11.0. The number of hydrogen-bond donors (Lipinski definition) is 0. The predicted octanol–water partition coefficient (Wildman–Crippen LogP) is 4.18. The van der Waals surface area contributed by atoms with Crippen molar-refractivity contribution in [3.05, 3.63) is 71.8 Å². The van der Waals surface area contributed by atoms with E-state index < -0.39 is 0 Å². The minimum atomic E-state index is 0.337. The van der Waals surface area contributed by atoms with Gasteiger partial charge in [0, 0.05) is 39.4 Å². The lowest BCUT2D eigenvalue weighted by molar-refractivity contribution is 0.0500. The first kappa shape index (κ1) is 19.0. The van der Waals surface area contributed by atoms with Gasteiger partial charge >= 0.3 is 0 Å². The lowest BCUT2D eigenvalue weighted by atomic mass is 9.99. The second kappa shape index (κ2) is 9.74. The van der Waals surface area contributed by atoms with Crippen LogP contribution in [-0.2, 0) is 4.74 Å². The Balaban J connectivity index is 1.43. The van der Waals surface area contributed by atoms with E-state index in [1.165, 1.54) is 30.5 Å². The molecule has 0 aliphatic carbocycles. The van der Waals surface area contributed by atoms with Crippen LogP contribution >= 0.6 is 11.8 Å². The van der Waals surface area contributed by atoms with Crippen LogP contribution in [0.2, 0.25) is 0 Å². The van der Waals surface area contributed by atoms with Crippen LogP contribution in [-0.4, -0.2) is 49.7 Å². The largest absolute Gasteiger partial charge is 0.381 e. The topological polar surface area (TPSA) is 26.6 Å². The summed E-state index contributed by atoms with van der Waals surface area (Å²) in [5.74, 6) is 0.793. The van der Waals surface area contributed by atoms with Gasteiger partial charge in [0.25, 0.3) is 0 Å². The first-order chi connectivity index (χ1) is 13.4. The van der Waals surface area contributed by atoms with Crippen LogP contribution in [0.15, 0.2) is 60.7 Å². The second-order valence-electron chi connectivity index (χ2n) is 7.51. The predicted molar refractivity (Wildman–Crippen MR) is 113 cm³/mol. The van der Waals surface area contributed by atoms with Crippen molar-refractivity contribution >= 4 is 11.8 Å². The van der Waals surface area contributed by atoms with E-state index in [2.05, 4.69) is 65.6 Å². The minimum Gasteiger partial charge on any atom is -0.381 e. The average molecular weight is 382 g/mol. The minimum absolute atomic E-state index is 0.337. The van der Waals surface area contributed by atoms with Crippen LogP contribution in [0.3, 0.4) is 0 Å². The van der Waals surface area contributed by atoms with Crippen molar-refractivity contribution in [3.8, 4) is 0 Å². The van der Waals surface area contributed by atoms with Crippen molar-refractivity contribution in [2.75, 3.05) is 39.4 Å². The van der Waals surface area contributed by atoms with Gasteiger partial charge in [-0.1, -0.05) is 60.7 Å². The summed E-state index contributed by atoms with van der Waals surface area (Å²) in [5.41, 5.74) is 2.73. The van der Waals surface area contributed by atoms with Crippen molar-refractivity contribution in [2.24, 2.45) is 5.92 Å². The standard InChI is InChI=1S/C23H29N2OS/c1-3-7-20(8-4-1)23(21-9-5-2-6-10-21)27-22-18-25(14-13-24-22)17-19-11-15-26-16-12-19/h1-10,19,22-23H,11-18H2. The second-order valence-corrected chi connectivity index (χ2v) is 8.80. The van der Waals surface area contributed by atoms with Gasteiger partial charge in [0.1, 0.15) is 0 Å². The number of nitrogens with zero attached hydrogens (tertiary/aromatic N) is 2. The molecule has 2 aliphatic heterocycles. The van der Waals surface area contributed by atoms with Gasteiger partial charge < -0.3 is 4.74 Å². The molecule has 0 amide bonds. The fourth-order valence-electron chi connectivity index (χ4n) is 4.02. The van der Waals surface area contributed by atoms with E-state index in [9.17, 15) is 0 Å². The summed E-state index contributed by atoms with van der Waals surface area (Å²) in [6.45, 7) is 6.21. The molecule has 27 heavy (non-hydrogen) atoms. The number of benzene rings is 2. The molecule has 2 aromatic rings. The van der Waals surface area contributed by atoms with E-state index >= 15 is 0 Å². The normalized spacial score (nSPS) is 22.2. The Morgan fingerprint density at radius 3 is 2.22 bits per heavy atom. The first-order valence-electron chi connectivity index (χ1n) is 10.1. The fourth-order valence-corrected chi connectivity index (χ4v) is 5.45. The summed E-state index contributed by atoms with van der Waals surface area (Å²) in [6.07, 6.45) is 2.42. The zero-order valence-corrected chi connectivity index (χ0v) is 16.7. The van der Waals surface area contributed by atoms with Crippen LogP contribution < -0.4 is 5.32 Å². The molecule has 4 heteroatoms. The summed E-state index contributed by atoms with van der Waals surface area (Å²) >= 11 is 2.00. The highest BCUT2D eigenvalue weighted by Crippen LogP contribution is 2.38. The van der Waals surface area contributed by atoms with E-state index in [0.717, 1.165) is 38.8 Å². The number of piperazine rings is 1. The molecule has 2 fully saturated rings. The molecule has 0 aromatic heterocycles. The van der Waals surface area contributed by atoms with E-state index in [1.807, 2.05) is 11.8 Å². The molecule has 2 aromatic carbocycles. The average Bonchev–Trinajstić information content (AvgIpc) is 2.74. The molecule has 143 valence electrons. The number of rotatable bonds is 6. The Hall–Kier alpha value is -1.33. The van der Waals surface area contributed by atoms with Crippen LogP contribution in [0.1, 0.15) is 29.2 Å². The molecule has 1 radical (unpaired) electrons. The number of ether oxygens (including phenoxy) is 1. The maximum Gasteiger partial charge on any atom is 0.0835 e. The smallest absolute Gasteiger partial charge is 0.0835 e. The summed E-state index contributed by atoms with van der Waals surface area (Å²) in [4.78, 5) is 2.63. The zero-order valence-electron chi connectivity index (χ0n) is 15.9. The van der Waals surface area contributed by atoms with E-state index in [4.69, 9.17) is 10.1 Å². The summed E-state index contributed by atoms with van der Waals surface area (Å²) < 4.78 is 5.52. The molecular formula is C23H29N2OS. The molecular weight excluding hydrogens is 352 g/mol. The monoisotopic (exact) mass is 381 g/mol. The van der Waals surface area contributed by atoms with Gasteiger partial charge in [0.05, 0.1) is 10.6 Å². The fraction of sp³-hybridized carbons (Fsp3) is 0.478. The maximum absolute atomic E-state index is 5.52. The van der Waals surface area contributed by atoms with E-state index in [0.29, 0.717) is 10.6 Å². The third kappa shape index (κ3) is 5.35. The number of hydrogen-bond acceptors (Lipinski definition) is 3. The van der Waals surface area contributed by atoms with Crippen molar-refractivity contribution in [3.63, 3.8) is 0 Å². The molecule has 0 bridgehead atoms. The van der Waals surface area contributed by atoms with Crippen LogP contribution in [0.4, 0.5) is 0 Å². The van der Waals surface area contributed by atoms with Crippen molar-refractivity contribution in [1.29, 1.82) is 0 Å². The SMILES string of the molecule is c1ccc(C(SC2CN(CC3CCOCC3)CC[N]2)c2ccccc2)cc1. The summed E-state index contributed by atoms with van der Waals surface area (Å²) in [7, 11) is 0. The van der Waals surface area contributed by atoms with Crippen molar-refractivity contribution in [1.82, 2.24) is 10.2 Å². The van der Waals surface area contributed by atoms with Gasteiger partial charge in [-0.15, -0.1) is 11.8 Å². The van der Waals surface area contributed by atoms with Gasteiger partial charge in [-0.25, -0.2) is 5.32 Å². The van der Waals surface area contributed by atoms with Crippen LogP contribution in [0.5, 0.6) is 0 Å². The third-order valence-corrected chi connectivity index (χ3v) is 6.95. The quantitative estimate of drug-likeness (QED) is 0.751. The molecule has 3 nitrogen and oxygen atoms in total. The lowest BCUT2D eigenvalue weighted by Crippen LogP contribution is -2.47. The maximum atomic E-state index is 5.52. The highest BCUT2D eigenvalue weighted by atomic mass is 32.2. The van der Waals surface area contributed by atoms with Crippen molar-refractivity contribution in [2.45, 2.75) is 23.5 Å². The Kier molecular flexibility index (Phi) is 6.86. The summed E-state index contributed by atoms with van der Waals surface area (Å²) in [5, 5.41) is 5.63. The lowest BCUT2D eigenvalue weighted by Gasteiger charge is -2.36.